The summed E-state index contributed by atoms with van der Waals surface area (Å²) in [5.41, 5.74) is 1.80. The average molecular weight is 303 g/mol. The Bertz CT molecular complexity index is 644. The Morgan fingerprint density at radius 3 is 2.33 bits per heavy atom. The standard InChI is InChI=1S/C16H17NO3S/c1-10(2)11-3-5-12(6-4-11)15(18)17-9-13-7-8-14(21-13)16(19)20/h3-8,10H,9H2,1-2H3,(H,17,18)(H,19,20). The molecule has 1 heterocycles. The third kappa shape index (κ3) is 3.92. The van der Waals surface area contributed by atoms with Gasteiger partial charge in [-0.2, -0.15) is 0 Å². The van der Waals surface area contributed by atoms with Gasteiger partial charge in [0.2, 0.25) is 0 Å². The summed E-state index contributed by atoms with van der Waals surface area (Å²) in [6.45, 7) is 4.54. The maximum atomic E-state index is 12.0. The molecule has 110 valence electrons. The van der Waals surface area contributed by atoms with Crippen LogP contribution in [0.2, 0.25) is 0 Å². The molecule has 0 atom stereocenters. The van der Waals surface area contributed by atoms with Crippen LogP contribution in [0.25, 0.3) is 0 Å². The molecule has 0 aliphatic heterocycles. The van der Waals surface area contributed by atoms with Gasteiger partial charge in [0.05, 0.1) is 6.54 Å². The number of aromatic carboxylic acids is 1. The second kappa shape index (κ2) is 6.54. The molecule has 21 heavy (non-hydrogen) atoms. The highest BCUT2D eigenvalue weighted by Crippen LogP contribution is 2.17. The number of thiophene rings is 1. The van der Waals surface area contributed by atoms with Gasteiger partial charge in [-0.15, -0.1) is 11.3 Å². The van der Waals surface area contributed by atoms with Crippen LogP contribution in [0.3, 0.4) is 0 Å². The van der Waals surface area contributed by atoms with Gasteiger partial charge in [-0.25, -0.2) is 4.79 Å². The highest BCUT2D eigenvalue weighted by atomic mass is 32.1. The van der Waals surface area contributed by atoms with Crippen LogP contribution in [0, 0.1) is 0 Å². The summed E-state index contributed by atoms with van der Waals surface area (Å²) in [6, 6.07) is 10.8. The third-order valence-electron chi connectivity index (χ3n) is 3.14. The van der Waals surface area contributed by atoms with Crippen LogP contribution < -0.4 is 5.32 Å². The first-order valence-corrected chi connectivity index (χ1v) is 7.49. The molecular weight excluding hydrogens is 286 g/mol. The molecule has 0 saturated heterocycles. The van der Waals surface area contributed by atoms with Gasteiger partial charge < -0.3 is 10.4 Å². The molecule has 0 aliphatic carbocycles. The summed E-state index contributed by atoms with van der Waals surface area (Å²) >= 11 is 1.17. The van der Waals surface area contributed by atoms with Crippen molar-refractivity contribution in [3.8, 4) is 0 Å². The lowest BCUT2D eigenvalue weighted by atomic mass is 10.0. The minimum Gasteiger partial charge on any atom is -0.477 e. The Morgan fingerprint density at radius 2 is 1.81 bits per heavy atom. The Labute approximate surface area is 127 Å². The normalized spacial score (nSPS) is 10.6. The zero-order valence-electron chi connectivity index (χ0n) is 11.9. The average Bonchev–Trinajstić information content (AvgIpc) is 2.94. The number of nitrogens with one attached hydrogen (secondary N) is 1. The molecule has 0 fully saturated rings. The van der Waals surface area contributed by atoms with Gasteiger partial charge in [0.15, 0.2) is 0 Å². The van der Waals surface area contributed by atoms with E-state index in [0.29, 0.717) is 18.0 Å². The van der Waals surface area contributed by atoms with Crippen LogP contribution in [0.4, 0.5) is 0 Å². The first-order valence-electron chi connectivity index (χ1n) is 6.67. The first-order chi connectivity index (χ1) is 9.97. The Morgan fingerprint density at radius 1 is 1.14 bits per heavy atom. The van der Waals surface area contributed by atoms with Gasteiger partial charge in [0.25, 0.3) is 5.91 Å². The Kier molecular flexibility index (Phi) is 4.75. The fourth-order valence-electron chi connectivity index (χ4n) is 1.88. The van der Waals surface area contributed by atoms with E-state index in [0.717, 1.165) is 4.88 Å². The van der Waals surface area contributed by atoms with Gasteiger partial charge in [0, 0.05) is 10.4 Å². The van der Waals surface area contributed by atoms with Crippen LogP contribution in [0.15, 0.2) is 36.4 Å². The van der Waals surface area contributed by atoms with Gasteiger partial charge in [-0.3, -0.25) is 4.79 Å². The van der Waals surface area contributed by atoms with Crippen LogP contribution in [-0.4, -0.2) is 17.0 Å². The number of amides is 1. The molecule has 1 aromatic carbocycles. The van der Waals surface area contributed by atoms with Gasteiger partial charge in [0.1, 0.15) is 4.88 Å². The largest absolute Gasteiger partial charge is 0.477 e. The molecular formula is C16H17NO3S. The van der Waals surface area contributed by atoms with E-state index in [9.17, 15) is 9.59 Å². The molecule has 2 N–H and O–H groups in total. The van der Waals surface area contributed by atoms with E-state index in [1.807, 2.05) is 24.3 Å². The summed E-state index contributed by atoms with van der Waals surface area (Å²) in [4.78, 5) is 23.9. The van der Waals surface area contributed by atoms with Crippen molar-refractivity contribution in [2.24, 2.45) is 0 Å². The van der Waals surface area contributed by atoms with Crippen LogP contribution in [0.1, 0.15) is 50.2 Å². The first kappa shape index (κ1) is 15.3. The quantitative estimate of drug-likeness (QED) is 0.888. The van der Waals surface area contributed by atoms with E-state index in [-0.39, 0.29) is 10.8 Å². The predicted molar refractivity (Wildman–Crippen MR) is 83.0 cm³/mol. The lowest BCUT2D eigenvalue weighted by molar-refractivity contribution is 0.0702. The number of rotatable bonds is 5. The van der Waals surface area contributed by atoms with E-state index in [2.05, 4.69) is 19.2 Å². The maximum Gasteiger partial charge on any atom is 0.345 e. The van der Waals surface area contributed by atoms with Gasteiger partial charge in [-0.1, -0.05) is 26.0 Å². The SMILES string of the molecule is CC(C)c1ccc(C(=O)NCc2ccc(C(=O)O)s2)cc1. The summed E-state index contributed by atoms with van der Waals surface area (Å²) in [5, 5.41) is 11.6. The Hall–Kier alpha value is -2.14. The van der Waals surface area contributed by atoms with Crippen LogP contribution in [0.5, 0.6) is 0 Å². The van der Waals surface area contributed by atoms with Gasteiger partial charge >= 0.3 is 5.97 Å². The monoisotopic (exact) mass is 303 g/mol. The molecule has 5 heteroatoms. The zero-order valence-corrected chi connectivity index (χ0v) is 12.7. The third-order valence-corrected chi connectivity index (χ3v) is 4.21. The minimum absolute atomic E-state index is 0.157. The molecule has 1 aromatic heterocycles. The molecule has 0 spiro atoms. The van der Waals surface area contributed by atoms with Crippen molar-refractivity contribution < 1.29 is 14.7 Å². The van der Waals surface area contributed by atoms with Crippen LogP contribution >= 0.6 is 11.3 Å². The fraction of sp³-hybridized carbons (Fsp3) is 0.250. The van der Waals surface area contributed by atoms with Crippen molar-refractivity contribution in [2.45, 2.75) is 26.3 Å². The highest BCUT2D eigenvalue weighted by molar-refractivity contribution is 7.13. The molecule has 2 rings (SSSR count). The molecule has 0 radical (unpaired) electrons. The molecule has 0 saturated carbocycles. The lowest BCUT2D eigenvalue weighted by Crippen LogP contribution is -2.22. The fourth-order valence-corrected chi connectivity index (χ4v) is 2.66. The minimum atomic E-state index is -0.943. The van der Waals surface area contributed by atoms with E-state index in [4.69, 9.17) is 5.11 Å². The summed E-state index contributed by atoms with van der Waals surface area (Å²) in [5.74, 6) is -0.667. The number of hydrogen-bond acceptors (Lipinski definition) is 3. The number of hydrogen-bond donors (Lipinski definition) is 2. The van der Waals surface area contributed by atoms with Crippen molar-refractivity contribution in [1.29, 1.82) is 0 Å². The molecule has 4 nitrogen and oxygen atoms in total. The van der Waals surface area contributed by atoms with E-state index >= 15 is 0 Å². The molecule has 2 aromatic rings. The highest BCUT2D eigenvalue weighted by Gasteiger charge is 2.09. The lowest BCUT2D eigenvalue weighted by Gasteiger charge is -2.07. The molecule has 1 amide bonds. The smallest absolute Gasteiger partial charge is 0.345 e. The zero-order chi connectivity index (χ0) is 15.4. The number of carbonyl (C=O) groups is 2. The number of carboxylic acids is 1. The summed E-state index contributed by atoms with van der Waals surface area (Å²) in [6.07, 6.45) is 0. The Balaban J connectivity index is 1.96. The molecule has 0 unspecified atom stereocenters. The van der Waals surface area contributed by atoms with Crippen molar-refractivity contribution >= 4 is 23.2 Å². The molecule has 0 aliphatic rings. The van der Waals surface area contributed by atoms with E-state index < -0.39 is 5.97 Å². The van der Waals surface area contributed by atoms with Crippen molar-refractivity contribution in [3.63, 3.8) is 0 Å². The van der Waals surface area contributed by atoms with E-state index in [1.165, 1.54) is 16.9 Å². The summed E-state index contributed by atoms with van der Waals surface area (Å²) in [7, 11) is 0. The van der Waals surface area contributed by atoms with Gasteiger partial charge in [-0.05, 0) is 35.7 Å². The summed E-state index contributed by atoms with van der Waals surface area (Å²) < 4.78 is 0. The second-order valence-corrected chi connectivity index (χ2v) is 6.20. The van der Waals surface area contributed by atoms with E-state index in [1.54, 1.807) is 12.1 Å². The van der Waals surface area contributed by atoms with Crippen LogP contribution in [-0.2, 0) is 6.54 Å². The van der Waals surface area contributed by atoms with Crippen molar-refractivity contribution in [3.05, 3.63) is 57.3 Å². The maximum absolute atomic E-state index is 12.0. The predicted octanol–water partition coefficient (Wildman–Crippen LogP) is 3.50. The second-order valence-electron chi connectivity index (χ2n) is 5.03. The topological polar surface area (TPSA) is 66.4 Å². The number of carboxylic acid groups (broad SMARTS) is 1. The van der Waals surface area contributed by atoms with Crippen molar-refractivity contribution in [1.82, 2.24) is 5.32 Å². The number of benzene rings is 1. The van der Waals surface area contributed by atoms with Crippen molar-refractivity contribution in [2.75, 3.05) is 0 Å². The number of carbonyl (C=O) groups excluding carboxylic acids is 1. The molecule has 0 bridgehead atoms.